The van der Waals surface area contributed by atoms with E-state index >= 15 is 0 Å². The van der Waals surface area contributed by atoms with E-state index in [-0.39, 0.29) is 6.42 Å². The van der Waals surface area contributed by atoms with Crippen LogP contribution in [0.4, 0.5) is 22.0 Å². The molecule has 1 aromatic carbocycles. The number of carbonyl (C=O) groups excluding carboxylic acids is 1. The van der Waals surface area contributed by atoms with Crippen LogP contribution >= 0.6 is 22.6 Å². The normalized spacial score (nSPS) is 12.3. The first-order chi connectivity index (χ1) is 10.8. The molecule has 9 heteroatoms. The molecule has 1 unspecified atom stereocenters. The highest BCUT2D eigenvalue weighted by molar-refractivity contribution is 14.1. The first kappa shape index (κ1) is 20.1. The zero-order chi connectivity index (χ0) is 17.6. The molecular formula is C14H15F5INO2. The monoisotopic (exact) mass is 451 g/mol. The molecule has 0 fully saturated rings. The van der Waals surface area contributed by atoms with Crippen molar-refractivity contribution in [2.45, 2.75) is 36.0 Å². The van der Waals surface area contributed by atoms with Crippen molar-refractivity contribution in [2.75, 3.05) is 6.54 Å². The summed E-state index contributed by atoms with van der Waals surface area (Å²) in [5, 5.41) is 0. The van der Waals surface area contributed by atoms with Gasteiger partial charge >= 0.3 is 5.97 Å². The molecule has 2 N–H and O–H groups in total. The molecular weight excluding hydrogens is 436 g/mol. The molecule has 0 aliphatic rings. The molecule has 23 heavy (non-hydrogen) atoms. The average Bonchev–Trinajstić information content (AvgIpc) is 2.52. The summed E-state index contributed by atoms with van der Waals surface area (Å²) in [6.07, 6.45) is 2.47. The van der Waals surface area contributed by atoms with Gasteiger partial charge in [0.15, 0.2) is 0 Å². The van der Waals surface area contributed by atoms with Crippen molar-refractivity contribution in [3.63, 3.8) is 0 Å². The van der Waals surface area contributed by atoms with E-state index in [1.54, 1.807) is 0 Å². The Morgan fingerprint density at radius 2 is 1.48 bits per heavy atom. The fourth-order valence-electron chi connectivity index (χ4n) is 1.80. The summed E-state index contributed by atoms with van der Waals surface area (Å²) in [5.74, 6) is -13.6. The van der Waals surface area contributed by atoms with Crippen LogP contribution in [0.25, 0.3) is 0 Å². The van der Waals surface area contributed by atoms with Crippen LogP contribution in [0.1, 0.15) is 32.1 Å². The predicted octanol–water partition coefficient (Wildman–Crippen LogP) is 4.00. The van der Waals surface area contributed by atoms with Crippen LogP contribution in [0, 0.1) is 29.1 Å². The summed E-state index contributed by atoms with van der Waals surface area (Å²) in [6, 6.07) is 0. The number of hydrogen-bond acceptors (Lipinski definition) is 3. The van der Waals surface area contributed by atoms with Gasteiger partial charge < -0.3 is 10.5 Å². The zero-order valence-corrected chi connectivity index (χ0v) is 14.1. The second-order valence-electron chi connectivity index (χ2n) is 4.79. The minimum Gasteiger partial charge on any atom is -0.420 e. The second kappa shape index (κ2) is 9.36. The quantitative estimate of drug-likeness (QED) is 0.0951. The predicted molar refractivity (Wildman–Crippen MR) is 81.8 cm³/mol. The molecule has 0 aliphatic carbocycles. The lowest BCUT2D eigenvalue weighted by Crippen LogP contribution is -2.13. The summed E-state index contributed by atoms with van der Waals surface area (Å²) in [7, 11) is 0. The third-order valence-electron chi connectivity index (χ3n) is 3.01. The highest BCUT2D eigenvalue weighted by Crippen LogP contribution is 2.29. The average molecular weight is 451 g/mol. The van der Waals surface area contributed by atoms with E-state index in [1.165, 1.54) is 0 Å². The molecule has 0 aromatic heterocycles. The Hall–Kier alpha value is -0.970. The van der Waals surface area contributed by atoms with E-state index in [2.05, 4.69) is 27.3 Å². The van der Waals surface area contributed by atoms with Crippen LogP contribution in [0.5, 0.6) is 5.75 Å². The smallest absolute Gasteiger partial charge is 0.311 e. The largest absolute Gasteiger partial charge is 0.420 e. The number of halogens is 6. The van der Waals surface area contributed by atoms with E-state index in [1.807, 2.05) is 0 Å². The molecule has 0 saturated heterocycles. The van der Waals surface area contributed by atoms with Crippen LogP contribution < -0.4 is 10.5 Å². The third-order valence-corrected chi connectivity index (χ3v) is 4.26. The lowest BCUT2D eigenvalue weighted by molar-refractivity contribution is -0.135. The van der Waals surface area contributed by atoms with E-state index < -0.39 is 40.8 Å². The number of alkyl halides is 1. The van der Waals surface area contributed by atoms with Crippen LogP contribution in [-0.2, 0) is 4.79 Å². The van der Waals surface area contributed by atoms with Crippen molar-refractivity contribution in [1.82, 2.24) is 0 Å². The summed E-state index contributed by atoms with van der Waals surface area (Å²) in [5.41, 5.74) is 5.39. The highest BCUT2D eigenvalue weighted by atomic mass is 127. The Balaban J connectivity index is 2.59. The van der Waals surface area contributed by atoms with Gasteiger partial charge in [0.1, 0.15) is 0 Å². The lowest BCUT2D eigenvalue weighted by Gasteiger charge is -2.09. The van der Waals surface area contributed by atoms with Crippen molar-refractivity contribution in [1.29, 1.82) is 0 Å². The fourth-order valence-corrected chi connectivity index (χ4v) is 2.60. The molecule has 1 rings (SSSR count). The SMILES string of the molecule is NCCC(I)CCCCC(=O)Oc1c(F)c(F)c(F)c(F)c1F. The van der Waals surface area contributed by atoms with Crippen LogP contribution in [-0.4, -0.2) is 16.4 Å². The first-order valence-electron chi connectivity index (χ1n) is 6.85. The number of nitrogens with two attached hydrogens (primary N) is 1. The minimum absolute atomic E-state index is 0.189. The van der Waals surface area contributed by atoms with Gasteiger partial charge in [0.25, 0.3) is 0 Å². The topological polar surface area (TPSA) is 52.3 Å². The summed E-state index contributed by atoms with van der Waals surface area (Å²) in [6.45, 7) is 0.551. The molecule has 1 atom stereocenters. The van der Waals surface area contributed by atoms with Crippen molar-refractivity contribution >= 4 is 28.6 Å². The van der Waals surface area contributed by atoms with Gasteiger partial charge in [0, 0.05) is 10.3 Å². The molecule has 0 aliphatic heterocycles. The molecule has 130 valence electrons. The van der Waals surface area contributed by atoms with Crippen molar-refractivity contribution < 1.29 is 31.5 Å². The molecule has 0 bridgehead atoms. The summed E-state index contributed by atoms with van der Waals surface area (Å²) < 4.78 is 70.1. The standard InChI is InChI=1S/C14H15F5INO2/c15-9-10(16)12(18)14(13(19)11(9)17)23-8(22)4-2-1-3-7(20)5-6-21/h7H,1-6,21H2. The van der Waals surface area contributed by atoms with E-state index in [4.69, 9.17) is 5.73 Å². The molecule has 0 spiro atoms. The highest BCUT2D eigenvalue weighted by Gasteiger charge is 2.28. The van der Waals surface area contributed by atoms with Crippen LogP contribution in [0.3, 0.4) is 0 Å². The number of unbranched alkanes of at least 4 members (excludes halogenated alkanes) is 1. The minimum atomic E-state index is -2.30. The Morgan fingerprint density at radius 3 is 2.00 bits per heavy atom. The van der Waals surface area contributed by atoms with Crippen LogP contribution in [0.2, 0.25) is 0 Å². The third kappa shape index (κ3) is 5.55. The van der Waals surface area contributed by atoms with Gasteiger partial charge in [0.05, 0.1) is 0 Å². The van der Waals surface area contributed by atoms with Gasteiger partial charge in [-0.05, 0) is 25.8 Å². The molecule has 0 amide bonds. The number of rotatable bonds is 8. The second-order valence-corrected chi connectivity index (χ2v) is 6.56. The van der Waals surface area contributed by atoms with Crippen LogP contribution in [0.15, 0.2) is 0 Å². The number of benzene rings is 1. The Labute approximate surface area is 143 Å². The van der Waals surface area contributed by atoms with Crippen molar-refractivity contribution in [2.24, 2.45) is 5.73 Å². The van der Waals surface area contributed by atoms with Gasteiger partial charge in [-0.15, -0.1) is 0 Å². The molecule has 0 saturated carbocycles. The van der Waals surface area contributed by atoms with Crippen molar-refractivity contribution in [3.8, 4) is 5.75 Å². The number of ether oxygens (including phenoxy) is 1. The van der Waals surface area contributed by atoms with Gasteiger partial charge in [-0.3, -0.25) is 4.79 Å². The van der Waals surface area contributed by atoms with Crippen molar-refractivity contribution in [3.05, 3.63) is 29.1 Å². The maximum absolute atomic E-state index is 13.3. The Bertz CT molecular complexity index is 542. The van der Waals surface area contributed by atoms with Gasteiger partial charge in [-0.1, -0.05) is 29.0 Å². The summed E-state index contributed by atoms with van der Waals surface area (Å²) >= 11 is 2.22. The molecule has 0 radical (unpaired) electrons. The Morgan fingerprint density at radius 1 is 0.957 bits per heavy atom. The molecule has 0 heterocycles. The Kier molecular flexibility index (Phi) is 8.17. The van der Waals surface area contributed by atoms with E-state index in [0.29, 0.717) is 23.3 Å². The number of esters is 1. The van der Waals surface area contributed by atoms with E-state index in [0.717, 1.165) is 12.8 Å². The van der Waals surface area contributed by atoms with Gasteiger partial charge in [-0.25, -0.2) is 13.2 Å². The number of hydrogen-bond donors (Lipinski definition) is 1. The lowest BCUT2D eigenvalue weighted by atomic mass is 10.1. The van der Waals surface area contributed by atoms with Gasteiger partial charge in [0.2, 0.25) is 34.8 Å². The fraction of sp³-hybridized carbons (Fsp3) is 0.500. The van der Waals surface area contributed by atoms with Gasteiger partial charge in [-0.2, -0.15) is 8.78 Å². The molecule has 1 aromatic rings. The number of carbonyl (C=O) groups is 1. The first-order valence-corrected chi connectivity index (χ1v) is 8.10. The maximum atomic E-state index is 13.3. The maximum Gasteiger partial charge on any atom is 0.311 e. The molecule has 3 nitrogen and oxygen atoms in total. The zero-order valence-electron chi connectivity index (χ0n) is 12.0. The summed E-state index contributed by atoms with van der Waals surface area (Å²) in [4.78, 5) is 11.5. The van der Waals surface area contributed by atoms with E-state index in [9.17, 15) is 26.7 Å².